The van der Waals surface area contributed by atoms with Crippen LogP contribution in [0.15, 0.2) is 0 Å². The Kier molecular flexibility index (Phi) is 2.58. The molecule has 6 nitrogen and oxygen atoms in total. The smallest absolute Gasteiger partial charge is 0.239 e. The van der Waals surface area contributed by atoms with Crippen LogP contribution in [-0.4, -0.2) is 40.7 Å². The lowest BCUT2D eigenvalue weighted by Crippen LogP contribution is -2.61. The number of amides is 3. The molecule has 110 valence electrons. The second-order valence-electron chi connectivity index (χ2n) is 7.15. The average molecular weight is 279 g/mol. The van der Waals surface area contributed by atoms with E-state index < -0.39 is 11.4 Å². The average Bonchev–Trinajstić information content (AvgIpc) is 3.20. The maximum atomic E-state index is 12.3. The van der Waals surface area contributed by atoms with Gasteiger partial charge in [0.2, 0.25) is 17.7 Å². The van der Waals surface area contributed by atoms with Gasteiger partial charge in [-0.1, -0.05) is 13.8 Å². The first-order valence-corrected chi connectivity index (χ1v) is 7.11. The molecular weight excluding hydrogens is 258 g/mol. The number of nitrogens with zero attached hydrogens (tertiary/aromatic N) is 1. The van der Waals surface area contributed by atoms with E-state index in [0.29, 0.717) is 0 Å². The van der Waals surface area contributed by atoms with E-state index in [1.807, 2.05) is 13.8 Å². The van der Waals surface area contributed by atoms with Gasteiger partial charge in [0.1, 0.15) is 5.54 Å². The molecule has 3 aliphatic rings. The minimum absolute atomic E-state index is 0.0413. The van der Waals surface area contributed by atoms with E-state index in [9.17, 15) is 14.4 Å². The van der Waals surface area contributed by atoms with Gasteiger partial charge in [-0.3, -0.25) is 24.6 Å². The molecule has 0 spiro atoms. The standard InChI is InChI=1S/C14H21N3O3/c1-13(2)8-9(13)11(19)17(10(8)18)6-14(3,12(15)20)16-7-4-5-7/h7-9,16H,4-6H2,1-3H3,(H2,15,20). The van der Waals surface area contributed by atoms with Gasteiger partial charge in [-0.15, -0.1) is 0 Å². The van der Waals surface area contributed by atoms with Gasteiger partial charge in [-0.25, -0.2) is 0 Å². The summed E-state index contributed by atoms with van der Waals surface area (Å²) in [6.45, 7) is 5.58. The summed E-state index contributed by atoms with van der Waals surface area (Å²) in [5.74, 6) is -1.27. The summed E-state index contributed by atoms with van der Waals surface area (Å²) in [6.07, 6.45) is 2.01. The molecule has 0 bridgehead atoms. The van der Waals surface area contributed by atoms with Gasteiger partial charge in [-0.05, 0) is 25.2 Å². The van der Waals surface area contributed by atoms with E-state index in [1.54, 1.807) is 6.92 Å². The van der Waals surface area contributed by atoms with Crippen molar-refractivity contribution in [3.63, 3.8) is 0 Å². The predicted octanol–water partition coefficient (Wildman–Crippen LogP) is -0.377. The van der Waals surface area contributed by atoms with Gasteiger partial charge in [-0.2, -0.15) is 0 Å². The first kappa shape index (κ1) is 13.5. The monoisotopic (exact) mass is 279 g/mol. The van der Waals surface area contributed by atoms with Crippen LogP contribution in [0.4, 0.5) is 0 Å². The summed E-state index contributed by atoms with van der Waals surface area (Å²) in [5, 5.41) is 3.16. The molecule has 3 unspecified atom stereocenters. The third-order valence-electron chi connectivity index (χ3n) is 5.01. The highest BCUT2D eigenvalue weighted by Crippen LogP contribution is 2.63. The summed E-state index contributed by atoms with van der Waals surface area (Å²) in [5.41, 5.74) is 4.21. The number of fused-ring (bicyclic) bond motifs is 1. The summed E-state index contributed by atoms with van der Waals surface area (Å²) in [7, 11) is 0. The zero-order valence-electron chi connectivity index (χ0n) is 12.1. The number of hydrogen-bond donors (Lipinski definition) is 2. The molecule has 20 heavy (non-hydrogen) atoms. The molecule has 2 saturated carbocycles. The molecule has 0 aromatic rings. The summed E-state index contributed by atoms with van der Waals surface area (Å²) in [6, 6.07) is 0.270. The van der Waals surface area contributed by atoms with Crippen LogP contribution < -0.4 is 11.1 Å². The number of nitrogens with two attached hydrogens (primary N) is 1. The summed E-state index contributed by atoms with van der Waals surface area (Å²) in [4.78, 5) is 37.5. The van der Waals surface area contributed by atoms with E-state index >= 15 is 0 Å². The van der Waals surface area contributed by atoms with Crippen LogP contribution in [-0.2, 0) is 14.4 Å². The van der Waals surface area contributed by atoms with Crippen molar-refractivity contribution in [3.8, 4) is 0 Å². The van der Waals surface area contributed by atoms with Crippen molar-refractivity contribution in [2.45, 2.75) is 45.2 Å². The number of hydrogen-bond acceptors (Lipinski definition) is 4. The van der Waals surface area contributed by atoms with Crippen LogP contribution in [0.2, 0.25) is 0 Å². The number of primary amides is 1. The minimum Gasteiger partial charge on any atom is -0.368 e. The molecule has 3 amide bonds. The number of imide groups is 1. The van der Waals surface area contributed by atoms with Crippen molar-refractivity contribution in [1.82, 2.24) is 10.2 Å². The maximum Gasteiger partial charge on any atom is 0.239 e. The van der Waals surface area contributed by atoms with Crippen molar-refractivity contribution >= 4 is 17.7 Å². The second-order valence-corrected chi connectivity index (χ2v) is 7.15. The molecule has 3 atom stereocenters. The molecular formula is C14H21N3O3. The molecule has 1 heterocycles. The first-order valence-electron chi connectivity index (χ1n) is 7.11. The summed E-state index contributed by atoms with van der Waals surface area (Å²) < 4.78 is 0. The Morgan fingerprint density at radius 2 is 1.85 bits per heavy atom. The number of carbonyl (C=O) groups excluding carboxylic acids is 3. The zero-order valence-corrected chi connectivity index (χ0v) is 12.1. The summed E-state index contributed by atoms with van der Waals surface area (Å²) >= 11 is 0. The van der Waals surface area contributed by atoms with Crippen molar-refractivity contribution < 1.29 is 14.4 Å². The van der Waals surface area contributed by atoms with Gasteiger partial charge < -0.3 is 5.73 Å². The van der Waals surface area contributed by atoms with Gasteiger partial charge in [0.25, 0.3) is 0 Å². The fourth-order valence-corrected chi connectivity index (χ4v) is 3.35. The van der Waals surface area contributed by atoms with Crippen LogP contribution in [0.5, 0.6) is 0 Å². The second kappa shape index (κ2) is 3.81. The molecule has 0 aromatic carbocycles. The Hall–Kier alpha value is -1.43. The van der Waals surface area contributed by atoms with Crippen molar-refractivity contribution in [2.75, 3.05) is 6.54 Å². The van der Waals surface area contributed by atoms with Gasteiger partial charge in [0.05, 0.1) is 18.4 Å². The molecule has 0 radical (unpaired) electrons. The third-order valence-corrected chi connectivity index (χ3v) is 5.01. The lowest BCUT2D eigenvalue weighted by Gasteiger charge is -2.32. The number of carbonyl (C=O) groups is 3. The van der Waals surface area contributed by atoms with Crippen molar-refractivity contribution in [1.29, 1.82) is 0 Å². The topological polar surface area (TPSA) is 92.5 Å². The lowest BCUT2D eigenvalue weighted by molar-refractivity contribution is -0.145. The highest BCUT2D eigenvalue weighted by molar-refractivity contribution is 6.10. The molecule has 1 saturated heterocycles. The van der Waals surface area contributed by atoms with Crippen LogP contribution in [0.3, 0.4) is 0 Å². The molecule has 0 aromatic heterocycles. The normalized spacial score (nSPS) is 33.9. The van der Waals surface area contributed by atoms with E-state index in [-0.39, 0.29) is 41.7 Å². The quantitative estimate of drug-likeness (QED) is 0.671. The van der Waals surface area contributed by atoms with Crippen LogP contribution >= 0.6 is 0 Å². The maximum absolute atomic E-state index is 12.3. The fraction of sp³-hybridized carbons (Fsp3) is 0.786. The SMILES string of the molecule is CC(CN1C(=O)C2C(C1=O)C2(C)C)(NC1CC1)C(N)=O. The Morgan fingerprint density at radius 1 is 1.35 bits per heavy atom. The Bertz CT molecular complexity index is 488. The van der Waals surface area contributed by atoms with Crippen LogP contribution in [0, 0.1) is 17.3 Å². The Balaban J connectivity index is 1.75. The number of likely N-dealkylation sites (tertiary alicyclic amines) is 1. The number of piperidine rings is 1. The molecule has 1 aliphatic heterocycles. The number of rotatable bonds is 5. The Labute approximate surface area is 118 Å². The largest absolute Gasteiger partial charge is 0.368 e. The predicted molar refractivity (Wildman–Crippen MR) is 71.2 cm³/mol. The van der Waals surface area contributed by atoms with Gasteiger partial charge in [0.15, 0.2) is 0 Å². The molecule has 3 fully saturated rings. The highest BCUT2D eigenvalue weighted by Gasteiger charge is 2.72. The minimum atomic E-state index is -1.03. The van der Waals surface area contributed by atoms with E-state index in [1.165, 1.54) is 4.90 Å². The molecule has 3 rings (SSSR count). The zero-order chi connectivity index (χ0) is 14.9. The van der Waals surface area contributed by atoms with E-state index in [0.717, 1.165) is 12.8 Å². The van der Waals surface area contributed by atoms with E-state index in [2.05, 4.69) is 5.32 Å². The molecule has 3 N–H and O–H groups in total. The highest BCUT2D eigenvalue weighted by atomic mass is 16.2. The van der Waals surface area contributed by atoms with Gasteiger partial charge >= 0.3 is 0 Å². The van der Waals surface area contributed by atoms with Crippen LogP contribution in [0.25, 0.3) is 0 Å². The van der Waals surface area contributed by atoms with Crippen LogP contribution in [0.1, 0.15) is 33.6 Å². The Morgan fingerprint density at radius 3 is 2.25 bits per heavy atom. The van der Waals surface area contributed by atoms with Crippen molar-refractivity contribution in [2.24, 2.45) is 23.0 Å². The van der Waals surface area contributed by atoms with Crippen molar-refractivity contribution in [3.05, 3.63) is 0 Å². The third kappa shape index (κ3) is 1.78. The van der Waals surface area contributed by atoms with E-state index in [4.69, 9.17) is 5.73 Å². The molecule has 2 aliphatic carbocycles. The number of nitrogens with one attached hydrogen (secondary N) is 1. The van der Waals surface area contributed by atoms with Gasteiger partial charge in [0, 0.05) is 6.04 Å². The first-order chi connectivity index (χ1) is 9.18. The fourth-order valence-electron chi connectivity index (χ4n) is 3.35. The molecule has 6 heteroatoms. The lowest BCUT2D eigenvalue weighted by atomic mass is 9.98.